The van der Waals surface area contributed by atoms with Crippen LogP contribution in [-0.4, -0.2) is 27.5 Å². The molecule has 0 saturated heterocycles. The monoisotopic (exact) mass is 296 g/mol. The Hall–Kier alpha value is -1.62. The van der Waals surface area contributed by atoms with Crippen LogP contribution in [0.2, 0.25) is 5.02 Å². The van der Waals surface area contributed by atoms with Crippen LogP contribution in [0.15, 0.2) is 18.5 Å². The van der Waals surface area contributed by atoms with Gasteiger partial charge in [-0.2, -0.15) is 0 Å². The van der Waals surface area contributed by atoms with Crippen molar-refractivity contribution in [1.29, 1.82) is 0 Å². The molecule has 1 aromatic heterocycles. The molecule has 0 aromatic carbocycles. The molecule has 1 saturated carbocycles. The molecule has 1 aliphatic carbocycles. The SMILES string of the molecule is O=C(NC1(C(=O)O)CCCCCC1)c1ccncc1Cl. The number of pyridine rings is 1. The Labute approximate surface area is 122 Å². The van der Waals surface area contributed by atoms with Crippen molar-refractivity contribution in [2.75, 3.05) is 0 Å². The van der Waals surface area contributed by atoms with Crippen molar-refractivity contribution in [3.63, 3.8) is 0 Å². The van der Waals surface area contributed by atoms with Gasteiger partial charge in [0.05, 0.1) is 10.6 Å². The normalized spacial score (nSPS) is 18.1. The summed E-state index contributed by atoms with van der Waals surface area (Å²) in [6.45, 7) is 0. The lowest BCUT2D eigenvalue weighted by Crippen LogP contribution is -2.54. The van der Waals surface area contributed by atoms with E-state index in [2.05, 4.69) is 10.3 Å². The van der Waals surface area contributed by atoms with Gasteiger partial charge in [-0.15, -0.1) is 0 Å². The summed E-state index contributed by atoms with van der Waals surface area (Å²) in [7, 11) is 0. The van der Waals surface area contributed by atoms with Crippen LogP contribution in [0.4, 0.5) is 0 Å². The lowest BCUT2D eigenvalue weighted by atomic mass is 9.90. The molecule has 1 fully saturated rings. The highest BCUT2D eigenvalue weighted by Gasteiger charge is 2.40. The molecular weight excluding hydrogens is 280 g/mol. The lowest BCUT2D eigenvalue weighted by Gasteiger charge is -2.29. The molecule has 1 amide bonds. The van der Waals surface area contributed by atoms with E-state index in [1.807, 2.05) is 0 Å². The standard InChI is InChI=1S/C14H17ClN2O3/c15-11-9-16-8-5-10(11)12(18)17-14(13(19)20)6-3-1-2-4-7-14/h5,8-9H,1-4,6-7H2,(H,17,18)(H,19,20). The van der Waals surface area contributed by atoms with Gasteiger partial charge in [0.1, 0.15) is 5.54 Å². The van der Waals surface area contributed by atoms with Gasteiger partial charge in [0.15, 0.2) is 0 Å². The van der Waals surface area contributed by atoms with Gasteiger partial charge >= 0.3 is 5.97 Å². The Balaban J connectivity index is 2.22. The molecule has 6 heteroatoms. The van der Waals surface area contributed by atoms with Crippen molar-refractivity contribution < 1.29 is 14.7 Å². The zero-order chi connectivity index (χ0) is 14.6. The first-order chi connectivity index (χ1) is 9.55. The molecular formula is C14H17ClN2O3. The zero-order valence-corrected chi connectivity index (χ0v) is 11.8. The predicted octanol–water partition coefficient (Wildman–Crippen LogP) is 2.64. The number of aromatic nitrogens is 1. The van der Waals surface area contributed by atoms with Gasteiger partial charge in [-0.3, -0.25) is 9.78 Å². The quantitative estimate of drug-likeness (QED) is 0.840. The Morgan fingerprint density at radius 2 is 1.90 bits per heavy atom. The molecule has 1 heterocycles. The van der Waals surface area contributed by atoms with E-state index in [1.165, 1.54) is 18.5 Å². The van der Waals surface area contributed by atoms with E-state index >= 15 is 0 Å². The summed E-state index contributed by atoms with van der Waals surface area (Å²) in [5.74, 6) is -1.43. The summed E-state index contributed by atoms with van der Waals surface area (Å²) in [5.41, 5.74) is -0.924. The number of amides is 1. The molecule has 2 N–H and O–H groups in total. The summed E-state index contributed by atoms with van der Waals surface area (Å²) < 4.78 is 0. The number of hydrogen-bond acceptors (Lipinski definition) is 3. The van der Waals surface area contributed by atoms with Gasteiger partial charge in [0.25, 0.3) is 5.91 Å². The number of aliphatic carboxylic acids is 1. The maximum atomic E-state index is 12.3. The maximum Gasteiger partial charge on any atom is 0.329 e. The van der Waals surface area contributed by atoms with Crippen molar-refractivity contribution >= 4 is 23.5 Å². The second-order valence-electron chi connectivity index (χ2n) is 5.11. The van der Waals surface area contributed by atoms with Crippen molar-refractivity contribution in [1.82, 2.24) is 10.3 Å². The van der Waals surface area contributed by atoms with Crippen LogP contribution in [0.25, 0.3) is 0 Å². The number of halogens is 1. The summed E-state index contributed by atoms with van der Waals surface area (Å²) in [4.78, 5) is 27.7. The van der Waals surface area contributed by atoms with E-state index in [0.29, 0.717) is 12.8 Å². The number of nitrogens with zero attached hydrogens (tertiary/aromatic N) is 1. The van der Waals surface area contributed by atoms with E-state index in [4.69, 9.17) is 11.6 Å². The van der Waals surface area contributed by atoms with Crippen molar-refractivity contribution in [3.8, 4) is 0 Å². The topological polar surface area (TPSA) is 79.3 Å². The summed E-state index contributed by atoms with van der Waals surface area (Å²) in [6.07, 6.45) is 7.35. The van der Waals surface area contributed by atoms with Crippen LogP contribution in [0.5, 0.6) is 0 Å². The van der Waals surface area contributed by atoms with Crippen molar-refractivity contribution in [2.45, 2.75) is 44.1 Å². The smallest absolute Gasteiger partial charge is 0.329 e. The molecule has 0 bridgehead atoms. The Bertz CT molecular complexity index is 511. The van der Waals surface area contributed by atoms with Crippen LogP contribution >= 0.6 is 11.6 Å². The molecule has 0 aliphatic heterocycles. The number of nitrogens with one attached hydrogen (secondary N) is 1. The lowest BCUT2D eigenvalue weighted by molar-refractivity contribution is -0.145. The third kappa shape index (κ3) is 3.10. The molecule has 1 aromatic rings. The van der Waals surface area contributed by atoms with E-state index < -0.39 is 17.4 Å². The minimum absolute atomic E-state index is 0.221. The van der Waals surface area contributed by atoms with Gasteiger partial charge in [0, 0.05) is 12.4 Å². The summed E-state index contributed by atoms with van der Waals surface area (Å²) in [5, 5.41) is 12.4. The number of carbonyl (C=O) groups excluding carboxylic acids is 1. The van der Waals surface area contributed by atoms with Gasteiger partial charge < -0.3 is 10.4 Å². The van der Waals surface area contributed by atoms with E-state index in [9.17, 15) is 14.7 Å². The van der Waals surface area contributed by atoms with Crippen molar-refractivity contribution in [2.24, 2.45) is 0 Å². The molecule has 5 nitrogen and oxygen atoms in total. The second kappa shape index (κ2) is 6.22. The highest BCUT2D eigenvalue weighted by Crippen LogP contribution is 2.28. The Morgan fingerprint density at radius 1 is 1.25 bits per heavy atom. The summed E-state index contributed by atoms with van der Waals surface area (Å²) >= 11 is 5.92. The van der Waals surface area contributed by atoms with Crippen LogP contribution < -0.4 is 5.32 Å². The highest BCUT2D eigenvalue weighted by molar-refractivity contribution is 6.33. The molecule has 0 spiro atoms. The van der Waals surface area contributed by atoms with Crippen molar-refractivity contribution in [3.05, 3.63) is 29.0 Å². The van der Waals surface area contributed by atoms with E-state index in [0.717, 1.165) is 25.7 Å². The highest BCUT2D eigenvalue weighted by atomic mass is 35.5. The molecule has 0 unspecified atom stereocenters. The van der Waals surface area contributed by atoms with Crippen LogP contribution in [0.3, 0.4) is 0 Å². The number of carboxylic acid groups (broad SMARTS) is 1. The Morgan fingerprint density at radius 3 is 2.45 bits per heavy atom. The molecule has 0 atom stereocenters. The fourth-order valence-electron chi connectivity index (χ4n) is 2.57. The third-order valence-corrected chi connectivity index (χ3v) is 4.04. The second-order valence-corrected chi connectivity index (χ2v) is 5.52. The molecule has 2 rings (SSSR count). The fraction of sp³-hybridized carbons (Fsp3) is 0.500. The van der Waals surface area contributed by atoms with Crippen LogP contribution in [0, 0.1) is 0 Å². The predicted molar refractivity (Wildman–Crippen MR) is 74.8 cm³/mol. The van der Waals surface area contributed by atoms with Gasteiger partial charge in [-0.05, 0) is 18.9 Å². The Kier molecular flexibility index (Phi) is 4.60. The van der Waals surface area contributed by atoms with E-state index in [-0.39, 0.29) is 10.6 Å². The first kappa shape index (κ1) is 14.8. The van der Waals surface area contributed by atoms with Gasteiger partial charge in [-0.25, -0.2) is 4.79 Å². The fourth-order valence-corrected chi connectivity index (χ4v) is 2.77. The first-order valence-corrected chi connectivity index (χ1v) is 7.08. The zero-order valence-electron chi connectivity index (χ0n) is 11.1. The molecule has 20 heavy (non-hydrogen) atoms. The van der Waals surface area contributed by atoms with Crippen LogP contribution in [-0.2, 0) is 4.79 Å². The first-order valence-electron chi connectivity index (χ1n) is 6.71. The largest absolute Gasteiger partial charge is 0.480 e. The number of carbonyl (C=O) groups is 2. The molecule has 1 aliphatic rings. The number of carboxylic acids is 1. The maximum absolute atomic E-state index is 12.3. The average molecular weight is 297 g/mol. The minimum Gasteiger partial charge on any atom is -0.480 e. The molecule has 108 valence electrons. The van der Waals surface area contributed by atoms with Gasteiger partial charge in [0.2, 0.25) is 0 Å². The van der Waals surface area contributed by atoms with Gasteiger partial charge in [-0.1, -0.05) is 37.3 Å². The number of rotatable bonds is 3. The average Bonchev–Trinajstić information content (AvgIpc) is 2.65. The summed E-state index contributed by atoms with van der Waals surface area (Å²) in [6, 6.07) is 1.49. The third-order valence-electron chi connectivity index (χ3n) is 3.74. The van der Waals surface area contributed by atoms with Crippen LogP contribution in [0.1, 0.15) is 48.9 Å². The number of hydrogen-bond donors (Lipinski definition) is 2. The minimum atomic E-state index is -1.18. The molecule has 0 radical (unpaired) electrons. The van der Waals surface area contributed by atoms with E-state index in [1.54, 1.807) is 0 Å².